The molecule has 3 heterocycles. The number of hydrogen-bond donors (Lipinski definition) is 3. The average Bonchev–Trinajstić information content (AvgIpc) is 3.37. The van der Waals surface area contributed by atoms with Crippen molar-refractivity contribution >= 4 is 34.7 Å². The fourth-order valence-electron chi connectivity index (χ4n) is 3.32. The summed E-state index contributed by atoms with van der Waals surface area (Å²) >= 11 is 1.56. The third kappa shape index (κ3) is 4.22. The standard InChI is InChI=1S/C21H24N6O2S/c1-13-11-19(28)24-21(22-13)27-18(12-16(25-27)17-5-4-10-30-17)23-20(29)14-6-8-15(9-7-14)26(2)3/h4-10,12-13,21-22H,11H2,1-3H3,(H,23,29)(H,24,28). The van der Waals surface area contributed by atoms with Crippen LogP contribution in [0.15, 0.2) is 47.8 Å². The fourth-order valence-corrected chi connectivity index (χ4v) is 4.00. The minimum atomic E-state index is -0.540. The lowest BCUT2D eigenvalue weighted by atomic mass is 10.2. The van der Waals surface area contributed by atoms with Gasteiger partial charge in [-0.15, -0.1) is 11.3 Å². The van der Waals surface area contributed by atoms with Crippen LogP contribution in [0, 0.1) is 0 Å². The molecular weight excluding hydrogens is 400 g/mol. The maximum atomic E-state index is 12.9. The topological polar surface area (TPSA) is 91.3 Å². The molecular formula is C21H24N6O2S. The van der Waals surface area contributed by atoms with Crippen LogP contribution in [0.1, 0.15) is 30.0 Å². The highest BCUT2D eigenvalue weighted by molar-refractivity contribution is 7.13. The number of nitrogens with zero attached hydrogens (tertiary/aromatic N) is 3. The number of benzene rings is 1. The van der Waals surface area contributed by atoms with E-state index in [1.165, 1.54) is 0 Å². The molecule has 1 aliphatic heterocycles. The maximum absolute atomic E-state index is 12.9. The van der Waals surface area contributed by atoms with Crippen LogP contribution < -0.4 is 20.9 Å². The van der Waals surface area contributed by atoms with E-state index in [4.69, 9.17) is 0 Å². The third-order valence-corrected chi connectivity index (χ3v) is 5.77. The molecule has 2 aromatic heterocycles. The summed E-state index contributed by atoms with van der Waals surface area (Å²) in [5.41, 5.74) is 2.29. The molecule has 0 bridgehead atoms. The van der Waals surface area contributed by atoms with Crippen molar-refractivity contribution in [2.75, 3.05) is 24.3 Å². The predicted molar refractivity (Wildman–Crippen MR) is 119 cm³/mol. The highest BCUT2D eigenvalue weighted by atomic mass is 32.1. The molecule has 8 nitrogen and oxygen atoms in total. The Bertz CT molecular complexity index is 1040. The minimum absolute atomic E-state index is 0.000247. The van der Waals surface area contributed by atoms with E-state index in [0.717, 1.165) is 16.3 Å². The van der Waals surface area contributed by atoms with Gasteiger partial charge < -0.3 is 15.5 Å². The van der Waals surface area contributed by atoms with Crippen LogP contribution in [0.3, 0.4) is 0 Å². The summed E-state index contributed by atoms with van der Waals surface area (Å²) in [7, 11) is 3.90. The average molecular weight is 425 g/mol. The van der Waals surface area contributed by atoms with Crippen LogP contribution in [0.25, 0.3) is 10.6 Å². The van der Waals surface area contributed by atoms with Gasteiger partial charge in [-0.1, -0.05) is 6.07 Å². The summed E-state index contributed by atoms with van der Waals surface area (Å²) in [5, 5.41) is 15.8. The Balaban J connectivity index is 1.64. The molecule has 3 N–H and O–H groups in total. The van der Waals surface area contributed by atoms with Crippen molar-refractivity contribution in [2.24, 2.45) is 0 Å². The molecule has 1 aliphatic rings. The number of carbonyl (C=O) groups is 2. The molecule has 2 unspecified atom stereocenters. The van der Waals surface area contributed by atoms with Crippen LogP contribution in [0.5, 0.6) is 0 Å². The summed E-state index contributed by atoms with van der Waals surface area (Å²) in [6, 6.07) is 13.1. The number of aromatic nitrogens is 2. The summed E-state index contributed by atoms with van der Waals surface area (Å²) in [6.45, 7) is 1.94. The first kappa shape index (κ1) is 20.1. The second-order valence-corrected chi connectivity index (χ2v) is 8.42. The molecule has 1 saturated heterocycles. The highest BCUT2D eigenvalue weighted by Crippen LogP contribution is 2.28. The van der Waals surface area contributed by atoms with E-state index in [-0.39, 0.29) is 17.9 Å². The van der Waals surface area contributed by atoms with E-state index >= 15 is 0 Å². The molecule has 4 rings (SSSR count). The lowest BCUT2D eigenvalue weighted by Gasteiger charge is -2.30. The van der Waals surface area contributed by atoms with Crippen LogP contribution in [-0.2, 0) is 4.79 Å². The zero-order valence-corrected chi connectivity index (χ0v) is 17.9. The van der Waals surface area contributed by atoms with E-state index in [9.17, 15) is 9.59 Å². The molecule has 9 heteroatoms. The van der Waals surface area contributed by atoms with E-state index in [1.54, 1.807) is 28.2 Å². The number of rotatable bonds is 5. The molecule has 0 aliphatic carbocycles. The Hall–Kier alpha value is -3.17. The first-order chi connectivity index (χ1) is 14.4. The number of amides is 2. The largest absolute Gasteiger partial charge is 0.378 e. The van der Waals surface area contributed by atoms with E-state index in [2.05, 4.69) is 21.0 Å². The molecule has 1 fully saturated rings. The highest BCUT2D eigenvalue weighted by Gasteiger charge is 2.27. The Morgan fingerprint density at radius 1 is 1.27 bits per heavy atom. The number of nitrogens with one attached hydrogen (secondary N) is 3. The van der Waals surface area contributed by atoms with Crippen LogP contribution >= 0.6 is 11.3 Å². The molecule has 2 atom stereocenters. The number of thiophene rings is 1. The van der Waals surface area contributed by atoms with Gasteiger partial charge in [-0.3, -0.25) is 14.9 Å². The van der Waals surface area contributed by atoms with Crippen molar-refractivity contribution in [3.8, 4) is 10.6 Å². The molecule has 0 saturated carbocycles. The molecule has 1 aromatic carbocycles. The van der Waals surface area contributed by atoms with Crippen LogP contribution in [-0.4, -0.2) is 41.7 Å². The van der Waals surface area contributed by atoms with Gasteiger partial charge in [0.05, 0.1) is 4.88 Å². The minimum Gasteiger partial charge on any atom is -0.378 e. The lowest BCUT2D eigenvalue weighted by Crippen LogP contribution is -2.52. The fraction of sp³-hybridized carbons (Fsp3) is 0.286. The van der Waals surface area contributed by atoms with E-state index in [1.807, 2.05) is 61.6 Å². The van der Waals surface area contributed by atoms with Gasteiger partial charge in [0.1, 0.15) is 11.5 Å². The van der Waals surface area contributed by atoms with Crippen molar-refractivity contribution in [3.63, 3.8) is 0 Å². The maximum Gasteiger partial charge on any atom is 0.256 e. The number of hydrogen-bond acceptors (Lipinski definition) is 6. The second-order valence-electron chi connectivity index (χ2n) is 7.47. The number of anilines is 2. The second kappa shape index (κ2) is 8.29. The molecule has 0 radical (unpaired) electrons. The normalized spacial score (nSPS) is 18.7. The first-order valence-corrected chi connectivity index (χ1v) is 10.6. The SMILES string of the molecule is CC1CC(=O)NC(n2nc(-c3cccs3)cc2NC(=O)c2ccc(N(C)C)cc2)N1. The summed E-state index contributed by atoms with van der Waals surface area (Å²) in [4.78, 5) is 27.9. The monoisotopic (exact) mass is 424 g/mol. The van der Waals surface area contributed by atoms with E-state index in [0.29, 0.717) is 17.8 Å². The summed E-state index contributed by atoms with van der Waals surface area (Å²) < 4.78 is 1.62. The lowest BCUT2D eigenvalue weighted by molar-refractivity contribution is -0.125. The van der Waals surface area contributed by atoms with E-state index < -0.39 is 6.29 Å². The molecule has 30 heavy (non-hydrogen) atoms. The van der Waals surface area contributed by atoms with Crippen molar-refractivity contribution in [1.82, 2.24) is 20.4 Å². The Morgan fingerprint density at radius 2 is 2.03 bits per heavy atom. The Kier molecular flexibility index (Phi) is 5.56. The Morgan fingerprint density at radius 3 is 2.67 bits per heavy atom. The van der Waals surface area contributed by atoms with Gasteiger partial charge in [0, 0.05) is 43.9 Å². The van der Waals surface area contributed by atoms with Gasteiger partial charge in [0.2, 0.25) is 5.91 Å². The summed E-state index contributed by atoms with van der Waals surface area (Å²) in [6.07, 6.45) is -0.142. The zero-order chi connectivity index (χ0) is 21.3. The number of carbonyl (C=O) groups excluding carboxylic acids is 2. The molecule has 2 amide bonds. The van der Waals surface area contributed by atoms with Gasteiger partial charge in [-0.2, -0.15) is 5.10 Å². The molecule has 0 spiro atoms. The predicted octanol–water partition coefficient (Wildman–Crippen LogP) is 2.88. The Labute approximate surface area is 178 Å². The quantitative estimate of drug-likeness (QED) is 0.586. The molecule has 3 aromatic rings. The van der Waals surface area contributed by atoms with Crippen molar-refractivity contribution in [1.29, 1.82) is 0 Å². The van der Waals surface area contributed by atoms with Crippen molar-refractivity contribution < 1.29 is 9.59 Å². The zero-order valence-electron chi connectivity index (χ0n) is 17.0. The van der Waals surface area contributed by atoms with Gasteiger partial charge in [0.25, 0.3) is 5.91 Å². The van der Waals surface area contributed by atoms with Crippen LogP contribution in [0.4, 0.5) is 11.5 Å². The van der Waals surface area contributed by atoms with Crippen LogP contribution in [0.2, 0.25) is 0 Å². The van der Waals surface area contributed by atoms with Gasteiger partial charge in [-0.05, 0) is 42.6 Å². The molecule has 156 valence electrons. The first-order valence-electron chi connectivity index (χ1n) is 9.68. The van der Waals surface area contributed by atoms with Crippen molar-refractivity contribution in [2.45, 2.75) is 25.7 Å². The van der Waals surface area contributed by atoms with Gasteiger partial charge >= 0.3 is 0 Å². The smallest absolute Gasteiger partial charge is 0.256 e. The van der Waals surface area contributed by atoms with Gasteiger partial charge in [-0.25, -0.2) is 4.68 Å². The van der Waals surface area contributed by atoms with Crippen molar-refractivity contribution in [3.05, 3.63) is 53.4 Å². The summed E-state index contributed by atoms with van der Waals surface area (Å²) in [5.74, 6) is 0.206. The third-order valence-electron chi connectivity index (χ3n) is 4.87. The van der Waals surface area contributed by atoms with Gasteiger partial charge in [0.15, 0.2) is 6.29 Å².